The molecule has 1 atom stereocenters. The molecule has 1 amide bonds. The molecular formula is C11H17NOS2. The molecule has 0 N–H and O–H groups in total. The fourth-order valence-electron chi connectivity index (χ4n) is 1.27. The summed E-state index contributed by atoms with van der Waals surface area (Å²) >= 11 is 3.30. The fourth-order valence-corrected chi connectivity index (χ4v) is 2.61. The van der Waals surface area contributed by atoms with Crippen molar-refractivity contribution in [3.8, 4) is 0 Å². The summed E-state index contributed by atoms with van der Waals surface area (Å²) in [4.78, 5) is 14.9. The zero-order valence-corrected chi connectivity index (χ0v) is 11.2. The van der Waals surface area contributed by atoms with Gasteiger partial charge < -0.3 is 4.90 Å². The molecule has 1 heterocycles. The maximum absolute atomic E-state index is 11.8. The van der Waals surface area contributed by atoms with Gasteiger partial charge in [-0.1, -0.05) is 0 Å². The van der Waals surface area contributed by atoms with Crippen LogP contribution < -0.4 is 0 Å². The predicted molar refractivity (Wildman–Crippen MR) is 68.5 cm³/mol. The Morgan fingerprint density at radius 1 is 1.67 bits per heavy atom. The third-order valence-corrected chi connectivity index (χ3v) is 4.34. The molecule has 0 aromatic carbocycles. The molecule has 0 aliphatic rings. The van der Waals surface area contributed by atoms with E-state index >= 15 is 0 Å². The quantitative estimate of drug-likeness (QED) is 0.810. The Labute approximate surface area is 99.7 Å². The number of thioether (sulfide) groups is 1. The van der Waals surface area contributed by atoms with Crippen molar-refractivity contribution in [3.63, 3.8) is 0 Å². The van der Waals surface area contributed by atoms with Crippen molar-refractivity contribution in [3.05, 3.63) is 21.9 Å². The van der Waals surface area contributed by atoms with Crippen LogP contribution in [0.15, 0.2) is 11.4 Å². The van der Waals surface area contributed by atoms with E-state index in [2.05, 4.69) is 18.4 Å². The van der Waals surface area contributed by atoms with E-state index in [9.17, 15) is 4.79 Å². The number of carbonyl (C=O) groups excluding carboxylic acids is 1. The summed E-state index contributed by atoms with van der Waals surface area (Å²) in [7, 11) is 1.87. The third-order valence-electron chi connectivity index (χ3n) is 2.43. The lowest BCUT2D eigenvalue weighted by Crippen LogP contribution is -2.32. The number of hydrogen-bond acceptors (Lipinski definition) is 3. The van der Waals surface area contributed by atoms with E-state index in [1.54, 1.807) is 28.0 Å². The normalized spacial score (nSPS) is 12.5. The smallest absolute Gasteiger partial charge is 0.235 e. The van der Waals surface area contributed by atoms with Crippen molar-refractivity contribution in [2.24, 2.45) is 0 Å². The van der Waals surface area contributed by atoms with Gasteiger partial charge in [0, 0.05) is 11.9 Å². The molecule has 0 radical (unpaired) electrons. The summed E-state index contributed by atoms with van der Waals surface area (Å²) in [6.45, 7) is 4.76. The van der Waals surface area contributed by atoms with Crippen LogP contribution in [0, 0.1) is 6.92 Å². The second-order valence-electron chi connectivity index (χ2n) is 3.60. The average molecular weight is 243 g/mol. The first-order chi connectivity index (χ1) is 7.06. The summed E-state index contributed by atoms with van der Waals surface area (Å²) in [6.07, 6.45) is 1.97. The minimum Gasteiger partial charge on any atom is -0.340 e. The molecule has 0 unspecified atom stereocenters. The highest BCUT2D eigenvalue weighted by molar-refractivity contribution is 7.99. The molecule has 1 aromatic rings. The van der Waals surface area contributed by atoms with Gasteiger partial charge in [0.25, 0.3) is 0 Å². The summed E-state index contributed by atoms with van der Waals surface area (Å²) in [5.41, 5.74) is 1.27. The highest BCUT2D eigenvalue weighted by Gasteiger charge is 2.17. The number of thiophene rings is 1. The van der Waals surface area contributed by atoms with E-state index in [1.807, 2.05) is 20.2 Å². The van der Waals surface area contributed by atoms with Crippen molar-refractivity contribution >= 4 is 29.0 Å². The molecule has 0 saturated carbocycles. The molecule has 15 heavy (non-hydrogen) atoms. The van der Waals surface area contributed by atoms with E-state index in [0.29, 0.717) is 0 Å². The first kappa shape index (κ1) is 12.6. The predicted octanol–water partition coefficient (Wildman–Crippen LogP) is 2.77. The van der Waals surface area contributed by atoms with Crippen molar-refractivity contribution in [2.45, 2.75) is 25.6 Å². The molecular weight excluding hydrogens is 226 g/mol. The van der Waals surface area contributed by atoms with Crippen LogP contribution in [0.25, 0.3) is 0 Å². The minimum absolute atomic E-state index is 0.0512. The van der Waals surface area contributed by atoms with Gasteiger partial charge >= 0.3 is 0 Å². The molecule has 4 heteroatoms. The van der Waals surface area contributed by atoms with Crippen molar-refractivity contribution in [1.82, 2.24) is 4.90 Å². The van der Waals surface area contributed by atoms with Crippen molar-refractivity contribution < 1.29 is 4.79 Å². The number of aryl methyl sites for hydroxylation is 1. The Bertz CT molecular complexity index is 335. The van der Waals surface area contributed by atoms with Crippen LogP contribution in [-0.2, 0) is 11.3 Å². The van der Waals surface area contributed by atoms with Crippen molar-refractivity contribution in [2.75, 3.05) is 13.3 Å². The largest absolute Gasteiger partial charge is 0.340 e. The van der Waals surface area contributed by atoms with E-state index in [4.69, 9.17) is 0 Å². The van der Waals surface area contributed by atoms with Gasteiger partial charge in [0.2, 0.25) is 5.91 Å². The van der Waals surface area contributed by atoms with E-state index in [1.165, 1.54) is 10.4 Å². The lowest BCUT2D eigenvalue weighted by Gasteiger charge is -2.20. The Kier molecular flexibility index (Phi) is 4.67. The van der Waals surface area contributed by atoms with Gasteiger partial charge in [-0.25, -0.2) is 0 Å². The van der Waals surface area contributed by atoms with Crippen LogP contribution in [0.5, 0.6) is 0 Å². The highest BCUT2D eigenvalue weighted by atomic mass is 32.2. The van der Waals surface area contributed by atoms with Crippen LogP contribution >= 0.6 is 23.1 Å². The van der Waals surface area contributed by atoms with Crippen LogP contribution in [0.1, 0.15) is 17.4 Å². The van der Waals surface area contributed by atoms with Gasteiger partial charge in [-0.2, -0.15) is 11.8 Å². The Morgan fingerprint density at radius 3 is 2.80 bits per heavy atom. The molecule has 1 aromatic heterocycles. The first-order valence-corrected chi connectivity index (χ1v) is 7.03. The highest BCUT2D eigenvalue weighted by Crippen LogP contribution is 2.18. The molecule has 0 spiro atoms. The zero-order chi connectivity index (χ0) is 11.4. The monoisotopic (exact) mass is 243 g/mol. The Morgan fingerprint density at radius 2 is 2.33 bits per heavy atom. The van der Waals surface area contributed by atoms with Gasteiger partial charge in [-0.05, 0) is 37.1 Å². The molecule has 0 saturated heterocycles. The number of nitrogens with zero attached hydrogens (tertiary/aromatic N) is 1. The standard InChI is InChI=1S/C11H17NOS2/c1-8-5-6-15-10(8)7-12(3)11(13)9(2)14-4/h5-6,9H,7H2,1-4H3/t9-/m1/s1. The van der Waals surface area contributed by atoms with Gasteiger partial charge in [0.05, 0.1) is 11.8 Å². The lowest BCUT2D eigenvalue weighted by molar-refractivity contribution is -0.129. The molecule has 0 bridgehead atoms. The van der Waals surface area contributed by atoms with Crippen LogP contribution in [0.4, 0.5) is 0 Å². The summed E-state index contributed by atoms with van der Waals surface area (Å²) in [6, 6.07) is 2.09. The van der Waals surface area contributed by atoms with E-state index in [-0.39, 0.29) is 11.2 Å². The zero-order valence-electron chi connectivity index (χ0n) is 9.61. The van der Waals surface area contributed by atoms with Crippen LogP contribution in [0.2, 0.25) is 0 Å². The fraction of sp³-hybridized carbons (Fsp3) is 0.545. The van der Waals surface area contributed by atoms with E-state index in [0.717, 1.165) is 6.54 Å². The molecule has 84 valence electrons. The van der Waals surface area contributed by atoms with Crippen LogP contribution in [0.3, 0.4) is 0 Å². The molecule has 1 rings (SSSR count). The van der Waals surface area contributed by atoms with Crippen molar-refractivity contribution in [1.29, 1.82) is 0 Å². The van der Waals surface area contributed by atoms with Gasteiger partial charge in [-0.15, -0.1) is 11.3 Å². The average Bonchev–Trinajstić information content (AvgIpc) is 2.62. The second kappa shape index (κ2) is 5.56. The van der Waals surface area contributed by atoms with Gasteiger partial charge in [0.15, 0.2) is 0 Å². The minimum atomic E-state index is 0.0512. The number of amides is 1. The summed E-state index contributed by atoms with van der Waals surface area (Å²) < 4.78 is 0. The van der Waals surface area contributed by atoms with Crippen LogP contribution in [-0.4, -0.2) is 29.4 Å². The number of hydrogen-bond donors (Lipinski definition) is 0. The first-order valence-electron chi connectivity index (χ1n) is 4.87. The van der Waals surface area contributed by atoms with Gasteiger partial charge in [-0.3, -0.25) is 4.79 Å². The van der Waals surface area contributed by atoms with Gasteiger partial charge in [0.1, 0.15) is 0 Å². The molecule has 0 aliphatic heterocycles. The SMILES string of the molecule is CS[C@H](C)C(=O)N(C)Cc1sccc1C. The van der Waals surface area contributed by atoms with E-state index < -0.39 is 0 Å². The summed E-state index contributed by atoms with van der Waals surface area (Å²) in [5.74, 6) is 0.204. The Balaban J connectivity index is 2.60. The maximum atomic E-state index is 11.8. The lowest BCUT2D eigenvalue weighted by atomic mass is 10.3. The maximum Gasteiger partial charge on any atom is 0.235 e. The number of carbonyl (C=O) groups is 1. The number of rotatable bonds is 4. The Hall–Kier alpha value is -0.480. The summed E-state index contributed by atoms with van der Waals surface area (Å²) in [5, 5.41) is 2.12. The molecule has 0 aliphatic carbocycles. The molecule has 0 fully saturated rings. The third kappa shape index (κ3) is 3.24. The second-order valence-corrected chi connectivity index (χ2v) is 5.78. The molecule has 2 nitrogen and oxygen atoms in total. The topological polar surface area (TPSA) is 20.3 Å².